The van der Waals surface area contributed by atoms with Crippen LogP contribution in [0.3, 0.4) is 0 Å². The Balaban J connectivity index is 1.12. The highest BCUT2D eigenvalue weighted by Crippen LogP contribution is 2.56. The van der Waals surface area contributed by atoms with Crippen LogP contribution in [0.25, 0.3) is 27.1 Å². The lowest BCUT2D eigenvalue weighted by Crippen LogP contribution is -2.50. The molecule has 4 aromatic rings. The van der Waals surface area contributed by atoms with E-state index in [0.717, 1.165) is 33.3 Å². The number of piperidine rings is 2. The van der Waals surface area contributed by atoms with E-state index in [-0.39, 0.29) is 0 Å². The minimum absolute atomic E-state index is 0.442. The number of quaternary nitrogens is 2. The van der Waals surface area contributed by atoms with Gasteiger partial charge >= 0.3 is 0 Å². The maximum atomic E-state index is 7.49. The molecule has 56 heavy (non-hydrogen) atoms. The standard InChI is InChI=1S/C53H63ClN2/c1-37(2)19-27-45-47(55(33-11-5-12-34-55)49-31-23-39-15-7-9-17-43(39)51(45)49)29-25-41-21-22-42(53(41)54)26-30-48-46(28-20-38(3)4)52-44-18-10-8-16-40(44)24-32-50(52)56(48)35-13-6-14-36-56/h7-10,15-18,23-26,29-32,37-38,45H,5-6,11-14,19-22,27-28,33-36H2,1-4H3/q+2/b30-26+,41-25-,47-29+. The summed E-state index contributed by atoms with van der Waals surface area (Å²) in [6.07, 6.45) is 24.6. The molecule has 0 saturated carbocycles. The zero-order valence-electron chi connectivity index (χ0n) is 34.6. The highest BCUT2D eigenvalue weighted by atomic mass is 35.5. The number of allylic oxidation sites excluding steroid dienone is 9. The summed E-state index contributed by atoms with van der Waals surface area (Å²) in [5.74, 6) is 1.79. The first-order valence-electron chi connectivity index (χ1n) is 22.3. The molecule has 4 aromatic carbocycles. The van der Waals surface area contributed by atoms with Crippen molar-refractivity contribution in [1.82, 2.24) is 8.97 Å². The van der Waals surface area contributed by atoms with Gasteiger partial charge in [0.2, 0.25) is 0 Å². The van der Waals surface area contributed by atoms with Gasteiger partial charge in [-0.3, -0.25) is 8.97 Å². The smallest absolute Gasteiger partial charge is 0.146 e. The Morgan fingerprint density at radius 1 is 0.643 bits per heavy atom. The third-order valence-corrected chi connectivity index (χ3v) is 14.8. The van der Waals surface area contributed by atoms with Crippen LogP contribution in [0.4, 0.5) is 11.4 Å². The third kappa shape index (κ3) is 6.49. The van der Waals surface area contributed by atoms with Crippen molar-refractivity contribution >= 4 is 50.1 Å². The van der Waals surface area contributed by atoms with Crippen molar-refractivity contribution in [2.75, 3.05) is 26.2 Å². The summed E-state index contributed by atoms with van der Waals surface area (Å²) in [7, 11) is 0. The molecule has 1 unspecified atom stereocenters. The van der Waals surface area contributed by atoms with E-state index in [2.05, 4.69) is 125 Å². The fourth-order valence-electron chi connectivity index (χ4n) is 11.5. The molecule has 0 radical (unpaired) electrons. The van der Waals surface area contributed by atoms with Gasteiger partial charge in [0.1, 0.15) is 22.8 Å². The molecule has 1 aliphatic carbocycles. The predicted molar refractivity (Wildman–Crippen MR) is 244 cm³/mol. The highest BCUT2D eigenvalue weighted by molar-refractivity contribution is 6.33. The molecule has 2 spiro atoms. The Labute approximate surface area is 342 Å². The number of nitrogens with zero attached hydrogens (tertiary/aromatic N) is 2. The first-order valence-corrected chi connectivity index (χ1v) is 22.7. The molecule has 4 heterocycles. The van der Waals surface area contributed by atoms with Crippen molar-refractivity contribution in [2.24, 2.45) is 11.8 Å². The fourth-order valence-corrected chi connectivity index (χ4v) is 11.8. The molecule has 5 aliphatic rings. The Bertz CT molecular complexity index is 2300. The van der Waals surface area contributed by atoms with Gasteiger partial charge in [0.15, 0.2) is 0 Å². The number of rotatable bonds is 9. The van der Waals surface area contributed by atoms with Crippen LogP contribution in [0.15, 0.2) is 125 Å². The second-order valence-electron chi connectivity index (χ2n) is 18.6. The van der Waals surface area contributed by atoms with E-state index >= 15 is 0 Å². The molecule has 0 amide bonds. The lowest BCUT2D eigenvalue weighted by molar-refractivity contribution is 0.281. The molecular formula is C53H63ClN2+2. The summed E-state index contributed by atoms with van der Waals surface area (Å²) >= 11 is 7.49. The van der Waals surface area contributed by atoms with Crippen molar-refractivity contribution in [3.05, 3.63) is 136 Å². The third-order valence-electron chi connectivity index (χ3n) is 14.3. The lowest BCUT2D eigenvalue weighted by Gasteiger charge is -2.39. The van der Waals surface area contributed by atoms with E-state index in [0.29, 0.717) is 17.8 Å². The molecule has 9 rings (SSSR count). The van der Waals surface area contributed by atoms with Gasteiger partial charge in [-0.1, -0.05) is 100.0 Å². The van der Waals surface area contributed by atoms with E-state index in [9.17, 15) is 0 Å². The molecule has 4 aliphatic heterocycles. The van der Waals surface area contributed by atoms with Crippen molar-refractivity contribution in [3.8, 4) is 0 Å². The van der Waals surface area contributed by atoms with Crippen LogP contribution in [-0.2, 0) is 0 Å². The molecule has 3 heteroatoms. The summed E-state index contributed by atoms with van der Waals surface area (Å²) in [6.45, 7) is 14.3. The Morgan fingerprint density at radius 2 is 1.27 bits per heavy atom. The van der Waals surface area contributed by atoms with Crippen LogP contribution < -0.4 is 8.97 Å². The first kappa shape index (κ1) is 37.9. The quantitative estimate of drug-likeness (QED) is 0.149. The van der Waals surface area contributed by atoms with Crippen molar-refractivity contribution in [2.45, 2.75) is 111 Å². The summed E-state index contributed by atoms with van der Waals surface area (Å²) < 4.78 is 2.06. The Hall–Kier alpha value is -3.69. The minimum Gasteiger partial charge on any atom is -0.261 e. The first-order chi connectivity index (χ1) is 27.3. The van der Waals surface area contributed by atoms with E-state index in [1.165, 1.54) is 134 Å². The molecule has 2 fully saturated rings. The van der Waals surface area contributed by atoms with Gasteiger partial charge in [0, 0.05) is 34.4 Å². The number of hydrogen-bond acceptors (Lipinski definition) is 0. The zero-order valence-corrected chi connectivity index (χ0v) is 35.3. The van der Waals surface area contributed by atoms with E-state index in [1.807, 2.05) is 0 Å². The van der Waals surface area contributed by atoms with E-state index < -0.39 is 0 Å². The van der Waals surface area contributed by atoms with Gasteiger partial charge in [-0.2, -0.15) is 0 Å². The van der Waals surface area contributed by atoms with Crippen LogP contribution in [0.5, 0.6) is 0 Å². The van der Waals surface area contributed by atoms with Gasteiger partial charge < -0.3 is 0 Å². The molecule has 2 saturated heterocycles. The molecule has 0 bridgehead atoms. The van der Waals surface area contributed by atoms with Crippen LogP contribution in [0.2, 0.25) is 0 Å². The largest absolute Gasteiger partial charge is 0.261 e. The molecule has 0 N–H and O–H groups in total. The molecular weight excluding hydrogens is 700 g/mol. The number of fused-ring (bicyclic) bond motifs is 8. The van der Waals surface area contributed by atoms with Crippen LogP contribution >= 0.6 is 11.6 Å². The SMILES string of the molecule is CC(C)CCC1=C(/C=C/C2=C(Cl)C(=C\C=C3/C(CCC(C)C)c4c(ccc5ccccc45)[N+]34CCCCC4)/CC2)[N+]2(CCCCC2)c2ccc3ccccc3c21. The summed E-state index contributed by atoms with van der Waals surface area (Å²) in [5, 5.41) is 6.61. The fraction of sp³-hybridized carbons (Fsp3) is 0.434. The van der Waals surface area contributed by atoms with Crippen molar-refractivity contribution in [1.29, 1.82) is 0 Å². The van der Waals surface area contributed by atoms with Crippen molar-refractivity contribution in [3.63, 3.8) is 0 Å². The maximum absolute atomic E-state index is 7.49. The molecule has 0 aromatic heterocycles. The average molecular weight is 764 g/mol. The maximum Gasteiger partial charge on any atom is 0.146 e. The second-order valence-corrected chi connectivity index (χ2v) is 19.0. The Morgan fingerprint density at radius 3 is 1.96 bits per heavy atom. The zero-order chi connectivity index (χ0) is 38.4. The van der Waals surface area contributed by atoms with Crippen LogP contribution in [-0.4, -0.2) is 26.2 Å². The van der Waals surface area contributed by atoms with Gasteiger partial charge in [-0.15, -0.1) is 0 Å². The van der Waals surface area contributed by atoms with Crippen LogP contribution in [0.1, 0.15) is 122 Å². The van der Waals surface area contributed by atoms with Gasteiger partial charge in [0.05, 0.1) is 37.7 Å². The normalized spacial score (nSPS) is 23.2. The van der Waals surface area contributed by atoms with E-state index in [1.54, 1.807) is 22.5 Å². The van der Waals surface area contributed by atoms with E-state index in [4.69, 9.17) is 11.6 Å². The molecule has 1 atom stereocenters. The second kappa shape index (κ2) is 15.6. The summed E-state index contributed by atoms with van der Waals surface area (Å²) in [5.41, 5.74) is 13.6. The number of benzene rings is 4. The van der Waals surface area contributed by atoms with Crippen molar-refractivity contribution < 1.29 is 0 Å². The lowest BCUT2D eigenvalue weighted by atomic mass is 9.87. The predicted octanol–water partition coefficient (Wildman–Crippen LogP) is 15.0. The van der Waals surface area contributed by atoms with Gasteiger partial charge in [-0.25, -0.2) is 0 Å². The number of halogens is 1. The number of hydrogen-bond donors (Lipinski definition) is 0. The monoisotopic (exact) mass is 762 g/mol. The van der Waals surface area contributed by atoms with Crippen LogP contribution in [0, 0.1) is 11.8 Å². The Kier molecular flexibility index (Phi) is 10.5. The summed E-state index contributed by atoms with van der Waals surface area (Å²) in [6, 6.07) is 28.0. The molecule has 2 nitrogen and oxygen atoms in total. The highest BCUT2D eigenvalue weighted by Gasteiger charge is 2.50. The molecule has 290 valence electrons. The summed E-state index contributed by atoms with van der Waals surface area (Å²) in [4.78, 5) is 0. The topological polar surface area (TPSA) is 0 Å². The van der Waals surface area contributed by atoms with Gasteiger partial charge in [-0.05, 0) is 140 Å². The minimum atomic E-state index is 0.442. The average Bonchev–Trinajstić information content (AvgIpc) is 3.79. The van der Waals surface area contributed by atoms with Gasteiger partial charge in [0.25, 0.3) is 0 Å².